The van der Waals surface area contributed by atoms with Gasteiger partial charge in [0.2, 0.25) is 0 Å². The molecule has 1 aliphatic rings. The van der Waals surface area contributed by atoms with Gasteiger partial charge in [0.25, 0.3) is 5.91 Å². The Morgan fingerprint density at radius 2 is 2.25 bits per heavy atom. The predicted octanol–water partition coefficient (Wildman–Crippen LogP) is -0.0273. The Kier molecular flexibility index (Phi) is 4.69. The highest BCUT2D eigenvalue weighted by atomic mass is 16.5. The summed E-state index contributed by atoms with van der Waals surface area (Å²) in [6.07, 6.45) is -0.371. The van der Waals surface area contributed by atoms with Gasteiger partial charge in [0.15, 0.2) is 0 Å². The number of hydrogen-bond donors (Lipinski definition) is 2. The maximum Gasteiger partial charge on any atom is 0.254 e. The molecule has 2 heterocycles. The van der Waals surface area contributed by atoms with Crippen LogP contribution in [0.1, 0.15) is 23.0 Å². The molecule has 20 heavy (non-hydrogen) atoms. The molecule has 0 bridgehead atoms. The second kappa shape index (κ2) is 6.30. The minimum absolute atomic E-state index is 0.0950. The number of aliphatic hydroxyl groups is 2. The summed E-state index contributed by atoms with van der Waals surface area (Å²) in [6, 6.07) is 2.81. The minimum Gasteiger partial charge on any atom is -0.388 e. The van der Waals surface area contributed by atoms with Gasteiger partial charge in [0, 0.05) is 24.0 Å². The number of ether oxygens (including phenoxy) is 1. The molecule has 6 nitrogen and oxygen atoms in total. The molecule has 2 N–H and O–H groups in total. The van der Waals surface area contributed by atoms with E-state index in [1.54, 1.807) is 18.3 Å². The van der Waals surface area contributed by atoms with E-state index in [2.05, 4.69) is 4.98 Å². The second-order valence-electron chi connectivity index (χ2n) is 4.94. The number of aliphatic hydroxyl groups excluding tert-OH is 2. The lowest BCUT2D eigenvalue weighted by Gasteiger charge is -2.39. The van der Waals surface area contributed by atoms with Gasteiger partial charge < -0.3 is 19.8 Å². The van der Waals surface area contributed by atoms with Gasteiger partial charge in [-0.15, -0.1) is 0 Å². The zero-order valence-electron chi connectivity index (χ0n) is 11.7. The number of pyridine rings is 1. The number of hydrogen-bond acceptors (Lipinski definition) is 5. The van der Waals surface area contributed by atoms with Crippen LogP contribution >= 0.6 is 0 Å². The fraction of sp³-hybridized carbons (Fsp3) is 0.571. The molecular weight excluding hydrogens is 260 g/mol. The Bertz CT molecular complexity index is 480. The third-order valence-electron chi connectivity index (χ3n) is 3.51. The Labute approximate surface area is 118 Å². The summed E-state index contributed by atoms with van der Waals surface area (Å²) in [5.74, 6) is -0.195. The lowest BCUT2D eigenvalue weighted by molar-refractivity contribution is -0.125. The topological polar surface area (TPSA) is 82.9 Å². The normalized spacial score (nSPS) is 26.3. The summed E-state index contributed by atoms with van der Waals surface area (Å²) in [6.45, 7) is 4.40. The molecule has 0 aliphatic carbocycles. The van der Waals surface area contributed by atoms with Gasteiger partial charge >= 0.3 is 0 Å². The Hall–Kier alpha value is -1.50. The molecule has 1 aromatic heterocycles. The van der Waals surface area contributed by atoms with E-state index in [0.717, 1.165) is 5.69 Å². The van der Waals surface area contributed by atoms with E-state index in [1.165, 1.54) is 4.90 Å². The van der Waals surface area contributed by atoms with Crippen molar-refractivity contribution in [3.63, 3.8) is 0 Å². The number of aromatic nitrogens is 1. The van der Waals surface area contributed by atoms with Crippen LogP contribution in [0.4, 0.5) is 0 Å². The second-order valence-corrected chi connectivity index (χ2v) is 4.94. The molecule has 1 fully saturated rings. The first-order chi connectivity index (χ1) is 9.54. The maximum atomic E-state index is 12.5. The monoisotopic (exact) mass is 280 g/mol. The van der Waals surface area contributed by atoms with Crippen molar-refractivity contribution < 1.29 is 19.7 Å². The SMILES string of the molecule is CCN(C(=O)c1ccnc(C)c1)[C@@H]1COC[C@@H](O)[C@H]1O. The van der Waals surface area contributed by atoms with Gasteiger partial charge in [-0.05, 0) is 26.0 Å². The number of likely N-dealkylation sites (N-methyl/N-ethyl adjacent to an activating group) is 1. The number of carbonyl (C=O) groups is 1. The van der Waals surface area contributed by atoms with Gasteiger partial charge in [-0.1, -0.05) is 0 Å². The molecule has 0 saturated carbocycles. The van der Waals surface area contributed by atoms with Gasteiger partial charge in [0.05, 0.1) is 19.3 Å². The highest BCUT2D eigenvalue weighted by molar-refractivity contribution is 5.94. The number of rotatable bonds is 3. The molecule has 2 rings (SSSR count). The van der Waals surface area contributed by atoms with Crippen molar-refractivity contribution in [3.05, 3.63) is 29.6 Å². The summed E-state index contributed by atoms with van der Waals surface area (Å²) < 4.78 is 5.24. The quantitative estimate of drug-likeness (QED) is 0.812. The van der Waals surface area contributed by atoms with E-state index >= 15 is 0 Å². The average Bonchev–Trinajstić information content (AvgIpc) is 2.44. The highest BCUT2D eigenvalue weighted by Crippen LogP contribution is 2.17. The van der Waals surface area contributed by atoms with Crippen molar-refractivity contribution in [1.29, 1.82) is 0 Å². The summed E-state index contributed by atoms with van der Waals surface area (Å²) >= 11 is 0. The first kappa shape index (κ1) is 14.9. The largest absolute Gasteiger partial charge is 0.388 e. The average molecular weight is 280 g/mol. The molecule has 1 amide bonds. The summed E-state index contributed by atoms with van der Waals surface area (Å²) in [7, 11) is 0. The smallest absolute Gasteiger partial charge is 0.254 e. The lowest BCUT2D eigenvalue weighted by Crippen LogP contribution is -2.57. The molecule has 1 aliphatic heterocycles. The molecule has 0 radical (unpaired) electrons. The fourth-order valence-electron chi connectivity index (χ4n) is 2.41. The molecule has 6 heteroatoms. The van der Waals surface area contributed by atoms with Crippen LogP contribution in [0.5, 0.6) is 0 Å². The van der Waals surface area contributed by atoms with Gasteiger partial charge in [0.1, 0.15) is 12.2 Å². The van der Waals surface area contributed by atoms with Crippen LogP contribution in [0.3, 0.4) is 0 Å². The first-order valence-corrected chi connectivity index (χ1v) is 6.72. The number of aryl methyl sites for hydroxylation is 1. The Balaban J connectivity index is 2.21. The number of amides is 1. The molecule has 1 saturated heterocycles. The van der Waals surface area contributed by atoms with E-state index in [1.807, 2.05) is 13.8 Å². The third kappa shape index (κ3) is 2.98. The summed E-state index contributed by atoms with van der Waals surface area (Å²) in [5.41, 5.74) is 1.28. The molecule has 3 atom stereocenters. The van der Waals surface area contributed by atoms with Crippen molar-refractivity contribution in [3.8, 4) is 0 Å². The molecule has 0 aromatic carbocycles. The van der Waals surface area contributed by atoms with Crippen LogP contribution in [0, 0.1) is 6.92 Å². The summed E-state index contributed by atoms with van der Waals surface area (Å²) in [4.78, 5) is 18.1. The van der Waals surface area contributed by atoms with Gasteiger partial charge in [-0.3, -0.25) is 9.78 Å². The molecule has 0 unspecified atom stereocenters. The van der Waals surface area contributed by atoms with Crippen LogP contribution < -0.4 is 0 Å². The van der Waals surface area contributed by atoms with Crippen LogP contribution in [0.2, 0.25) is 0 Å². The van der Waals surface area contributed by atoms with Crippen molar-refractivity contribution in [2.45, 2.75) is 32.1 Å². The molecular formula is C14H20N2O4. The Morgan fingerprint density at radius 3 is 2.90 bits per heavy atom. The van der Waals surface area contributed by atoms with Crippen molar-refractivity contribution in [2.75, 3.05) is 19.8 Å². The van der Waals surface area contributed by atoms with Crippen LogP contribution in [0.25, 0.3) is 0 Å². The Morgan fingerprint density at radius 1 is 1.50 bits per heavy atom. The zero-order valence-corrected chi connectivity index (χ0v) is 11.7. The summed E-state index contributed by atoms with van der Waals surface area (Å²) in [5, 5.41) is 19.7. The number of carbonyl (C=O) groups excluding carboxylic acids is 1. The van der Waals surface area contributed by atoms with Gasteiger partial charge in [-0.25, -0.2) is 0 Å². The van der Waals surface area contributed by atoms with Crippen molar-refractivity contribution in [1.82, 2.24) is 9.88 Å². The first-order valence-electron chi connectivity index (χ1n) is 6.72. The zero-order chi connectivity index (χ0) is 14.7. The van der Waals surface area contributed by atoms with Crippen molar-refractivity contribution >= 4 is 5.91 Å². The van der Waals surface area contributed by atoms with E-state index in [-0.39, 0.29) is 19.1 Å². The maximum absolute atomic E-state index is 12.5. The van der Waals surface area contributed by atoms with Crippen LogP contribution in [-0.2, 0) is 4.74 Å². The van der Waals surface area contributed by atoms with E-state index in [9.17, 15) is 15.0 Å². The molecule has 110 valence electrons. The van der Waals surface area contributed by atoms with E-state index < -0.39 is 18.2 Å². The predicted molar refractivity (Wildman–Crippen MR) is 72.3 cm³/mol. The minimum atomic E-state index is -0.990. The van der Waals surface area contributed by atoms with Gasteiger partial charge in [-0.2, -0.15) is 0 Å². The fourth-order valence-corrected chi connectivity index (χ4v) is 2.41. The van der Waals surface area contributed by atoms with Crippen molar-refractivity contribution in [2.24, 2.45) is 0 Å². The highest BCUT2D eigenvalue weighted by Gasteiger charge is 2.37. The van der Waals surface area contributed by atoms with Crippen LogP contribution in [-0.4, -0.2) is 64.0 Å². The van der Waals surface area contributed by atoms with E-state index in [4.69, 9.17) is 4.74 Å². The molecule has 1 aromatic rings. The van der Waals surface area contributed by atoms with Crippen LogP contribution in [0.15, 0.2) is 18.3 Å². The standard InChI is InChI=1S/C14H20N2O4/c1-3-16(11-7-20-8-12(17)13(11)18)14(19)10-4-5-15-9(2)6-10/h4-6,11-13,17-18H,3,7-8H2,1-2H3/t11-,12-,13+/m1/s1. The lowest BCUT2D eigenvalue weighted by atomic mass is 10.0. The number of nitrogens with zero attached hydrogens (tertiary/aromatic N) is 2. The molecule has 0 spiro atoms. The third-order valence-corrected chi connectivity index (χ3v) is 3.51. The van der Waals surface area contributed by atoms with E-state index in [0.29, 0.717) is 12.1 Å².